The van der Waals surface area contributed by atoms with E-state index in [4.69, 9.17) is 4.74 Å². The molecule has 4 rings (SSSR count). The lowest BCUT2D eigenvalue weighted by molar-refractivity contribution is -0.151. The largest absolute Gasteiger partial charge is 0.477 e. The second-order valence-corrected chi connectivity index (χ2v) is 10.5. The van der Waals surface area contributed by atoms with Gasteiger partial charge in [0.2, 0.25) is 5.91 Å². The van der Waals surface area contributed by atoms with Gasteiger partial charge in [-0.3, -0.25) is 23.6 Å². The molecule has 1 aromatic rings. The summed E-state index contributed by atoms with van der Waals surface area (Å²) in [7, 11) is -1.68. The maximum atomic E-state index is 12.9. The normalized spacial score (nSPS) is 25.7. The number of amides is 3. The Hall–Kier alpha value is -3.25. The molecule has 3 heterocycles. The van der Waals surface area contributed by atoms with E-state index in [-0.39, 0.29) is 29.5 Å². The van der Waals surface area contributed by atoms with Crippen LogP contribution < -0.4 is 10.6 Å². The highest BCUT2D eigenvalue weighted by Crippen LogP contribution is 2.35. The van der Waals surface area contributed by atoms with Crippen LogP contribution in [0, 0.1) is 0 Å². The minimum atomic E-state index is -1.68. The number of aliphatic carboxylic acids is 1. The van der Waals surface area contributed by atoms with Gasteiger partial charge in [-0.1, -0.05) is 37.3 Å². The van der Waals surface area contributed by atoms with E-state index in [1.165, 1.54) is 0 Å². The van der Waals surface area contributed by atoms with Crippen LogP contribution in [0.15, 0.2) is 41.6 Å². The number of nitrogens with zero attached hydrogens (tertiary/aromatic N) is 2. The summed E-state index contributed by atoms with van der Waals surface area (Å²) >= 11 is 0. The molecule has 0 saturated carbocycles. The lowest BCUT2D eigenvalue weighted by Crippen LogP contribution is -2.73. The van der Waals surface area contributed by atoms with Gasteiger partial charge in [-0.15, -0.1) is 0 Å². The molecular formula is C24H30N4O7S. The molecule has 3 unspecified atom stereocenters. The molecule has 12 heteroatoms. The summed E-state index contributed by atoms with van der Waals surface area (Å²) in [5.41, 5.74) is 0.493. The Morgan fingerprint density at radius 3 is 2.67 bits per heavy atom. The zero-order valence-electron chi connectivity index (χ0n) is 20.0. The van der Waals surface area contributed by atoms with Crippen LogP contribution in [0.5, 0.6) is 0 Å². The van der Waals surface area contributed by atoms with Crippen molar-refractivity contribution < 1.29 is 33.2 Å². The minimum Gasteiger partial charge on any atom is -0.477 e. The quantitative estimate of drug-likeness (QED) is 0.393. The number of rotatable bonds is 9. The van der Waals surface area contributed by atoms with E-state index in [1.807, 2.05) is 6.07 Å². The molecule has 11 nitrogen and oxygen atoms in total. The van der Waals surface area contributed by atoms with Crippen molar-refractivity contribution in [3.05, 3.63) is 47.2 Å². The number of ether oxygens (including phenoxy) is 1. The second kappa shape index (κ2) is 11.2. The van der Waals surface area contributed by atoms with Crippen LogP contribution in [-0.4, -0.2) is 92.4 Å². The Morgan fingerprint density at radius 2 is 1.97 bits per heavy atom. The lowest BCUT2D eigenvalue weighted by Gasteiger charge is -2.49. The van der Waals surface area contributed by atoms with Gasteiger partial charge in [0.05, 0.1) is 23.0 Å². The molecule has 2 fully saturated rings. The Balaban J connectivity index is 1.36. The Morgan fingerprint density at radius 1 is 1.22 bits per heavy atom. The smallest absolute Gasteiger partial charge is 0.407 e. The van der Waals surface area contributed by atoms with Gasteiger partial charge in [0.25, 0.3) is 5.91 Å². The van der Waals surface area contributed by atoms with E-state index < -0.39 is 52.7 Å². The summed E-state index contributed by atoms with van der Waals surface area (Å²) in [4.78, 5) is 52.6. The van der Waals surface area contributed by atoms with Crippen molar-refractivity contribution in [2.45, 2.75) is 43.6 Å². The number of alkyl carbamates (subject to hydrolysis) is 1. The number of benzene rings is 1. The summed E-state index contributed by atoms with van der Waals surface area (Å²) < 4.78 is 18.1. The van der Waals surface area contributed by atoms with E-state index in [2.05, 4.69) is 22.5 Å². The number of nitrogens with one attached hydrogen (secondary N) is 2. The van der Waals surface area contributed by atoms with Crippen LogP contribution in [-0.2, 0) is 36.3 Å². The number of likely N-dealkylation sites (N-methyl/N-ethyl adjacent to an activating group) is 1. The zero-order chi connectivity index (χ0) is 25.8. The number of carboxylic acids is 1. The van der Waals surface area contributed by atoms with Crippen LogP contribution in [0.3, 0.4) is 0 Å². The molecule has 4 atom stereocenters. The minimum absolute atomic E-state index is 0.0384. The van der Waals surface area contributed by atoms with Crippen molar-refractivity contribution in [1.29, 1.82) is 0 Å². The summed E-state index contributed by atoms with van der Waals surface area (Å²) in [6.07, 6.45) is 1.37. The third-order valence-electron chi connectivity index (χ3n) is 6.70. The molecule has 36 heavy (non-hydrogen) atoms. The molecule has 3 aliphatic rings. The molecule has 3 N–H and O–H groups in total. The number of carbonyl (C=O) groups is 4. The fraction of sp³-hybridized carbons (Fsp3) is 0.500. The van der Waals surface area contributed by atoms with Crippen molar-refractivity contribution in [2.75, 3.05) is 32.0 Å². The molecular weight excluding hydrogens is 488 g/mol. The average molecular weight is 519 g/mol. The van der Waals surface area contributed by atoms with Gasteiger partial charge >= 0.3 is 12.1 Å². The topological polar surface area (TPSA) is 145 Å². The summed E-state index contributed by atoms with van der Waals surface area (Å²) in [5.74, 6) is -2.65. The van der Waals surface area contributed by atoms with E-state index in [0.29, 0.717) is 6.54 Å². The third kappa shape index (κ3) is 5.44. The van der Waals surface area contributed by atoms with Crippen LogP contribution in [0.2, 0.25) is 0 Å². The fourth-order valence-electron chi connectivity index (χ4n) is 4.92. The van der Waals surface area contributed by atoms with E-state index >= 15 is 0 Å². The summed E-state index contributed by atoms with van der Waals surface area (Å²) in [6.45, 7) is 3.95. The monoisotopic (exact) mass is 518 g/mol. The van der Waals surface area contributed by atoms with Crippen LogP contribution in [0.25, 0.3) is 0 Å². The first-order valence-corrected chi connectivity index (χ1v) is 13.3. The van der Waals surface area contributed by atoms with Gasteiger partial charge < -0.3 is 20.5 Å². The number of β-lactam (4-membered cyclic amide) rings is 1. The average Bonchev–Trinajstić information content (AvgIpc) is 3.32. The van der Waals surface area contributed by atoms with Crippen molar-refractivity contribution in [2.24, 2.45) is 0 Å². The van der Waals surface area contributed by atoms with E-state index in [0.717, 1.165) is 36.4 Å². The summed E-state index contributed by atoms with van der Waals surface area (Å²) in [6, 6.07) is 8.10. The number of fused-ring (bicyclic) bond motifs is 1. The molecule has 3 aliphatic heterocycles. The number of carboxylic acid groups (broad SMARTS) is 1. The standard InChI is InChI=1S/C24H30N4O7S/c1-2-27-10-6-9-17(27)12-25-24(33)35-13-16-14-36(34)22-19(21(30)28(22)20(16)23(31)32)26-18(29)11-15-7-4-3-5-8-15/h3-5,7-8,17,19,22H,2,6,9-14H2,1H3,(H,25,33)(H,26,29)(H,31,32)/t17?,19?,22-,36?/m1/s1. The van der Waals surface area contributed by atoms with Crippen LogP contribution in [0.1, 0.15) is 25.3 Å². The number of carbonyl (C=O) groups excluding carboxylic acids is 3. The highest BCUT2D eigenvalue weighted by atomic mass is 32.2. The second-order valence-electron chi connectivity index (χ2n) is 8.97. The number of hydrogen-bond donors (Lipinski definition) is 3. The van der Waals surface area contributed by atoms with Gasteiger partial charge in [0.15, 0.2) is 0 Å². The Kier molecular flexibility index (Phi) is 8.04. The molecule has 2 saturated heterocycles. The number of hydrogen-bond acceptors (Lipinski definition) is 7. The number of likely N-dealkylation sites (tertiary alicyclic amines) is 1. The van der Waals surface area contributed by atoms with Crippen molar-refractivity contribution >= 4 is 34.7 Å². The van der Waals surface area contributed by atoms with Crippen LogP contribution >= 0.6 is 0 Å². The Labute approximate surface area is 211 Å². The zero-order valence-corrected chi connectivity index (χ0v) is 20.8. The van der Waals surface area contributed by atoms with Crippen molar-refractivity contribution in [1.82, 2.24) is 20.4 Å². The van der Waals surface area contributed by atoms with Crippen molar-refractivity contribution in [3.8, 4) is 0 Å². The molecule has 0 radical (unpaired) electrons. The molecule has 194 valence electrons. The maximum absolute atomic E-state index is 12.9. The Bertz CT molecular complexity index is 1090. The molecule has 1 aromatic carbocycles. The van der Waals surface area contributed by atoms with Crippen LogP contribution in [0.4, 0.5) is 4.79 Å². The first kappa shape index (κ1) is 25.8. The molecule has 0 aliphatic carbocycles. The third-order valence-corrected chi connectivity index (χ3v) is 8.35. The predicted octanol–water partition coefficient (Wildman–Crippen LogP) is 0.194. The van der Waals surface area contributed by atoms with Gasteiger partial charge in [-0.05, 0) is 31.5 Å². The summed E-state index contributed by atoms with van der Waals surface area (Å²) in [5, 5.41) is 14.1. The molecule has 0 spiro atoms. The molecule has 0 aromatic heterocycles. The highest BCUT2D eigenvalue weighted by molar-refractivity contribution is 7.86. The lowest BCUT2D eigenvalue weighted by atomic mass is 10.0. The van der Waals surface area contributed by atoms with Gasteiger partial charge in [0.1, 0.15) is 23.7 Å². The highest BCUT2D eigenvalue weighted by Gasteiger charge is 2.57. The fourth-order valence-corrected chi connectivity index (χ4v) is 6.58. The van der Waals surface area contributed by atoms with E-state index in [1.54, 1.807) is 24.3 Å². The predicted molar refractivity (Wildman–Crippen MR) is 130 cm³/mol. The van der Waals surface area contributed by atoms with Gasteiger partial charge in [-0.25, -0.2) is 9.59 Å². The molecule has 3 amide bonds. The maximum Gasteiger partial charge on any atom is 0.407 e. The SMILES string of the molecule is CCN1CCCC1CNC(=O)OCC1=C(C(=O)O)N2C(=O)C(NC(=O)Cc3ccccc3)[C@H]2S(=O)C1. The molecule has 0 bridgehead atoms. The van der Waals surface area contributed by atoms with Gasteiger partial charge in [0, 0.05) is 18.2 Å². The van der Waals surface area contributed by atoms with Crippen molar-refractivity contribution in [3.63, 3.8) is 0 Å². The van der Waals surface area contributed by atoms with E-state index in [9.17, 15) is 28.5 Å². The van der Waals surface area contributed by atoms with Gasteiger partial charge in [-0.2, -0.15) is 0 Å². The first-order valence-electron chi connectivity index (χ1n) is 11.9. The first-order chi connectivity index (χ1) is 17.3.